The molecule has 1 N–H and O–H groups in total. The first kappa shape index (κ1) is 18.6. The Morgan fingerprint density at radius 2 is 1.89 bits per heavy atom. The predicted molar refractivity (Wildman–Crippen MR) is 102 cm³/mol. The summed E-state index contributed by atoms with van der Waals surface area (Å²) in [4.78, 5) is 30.7. The Kier molecular flexibility index (Phi) is 5.68. The summed E-state index contributed by atoms with van der Waals surface area (Å²) in [6, 6.07) is 2.07. The Morgan fingerprint density at radius 3 is 2.61 bits per heavy atom. The standard InChI is InChI=1S/C19H27N7O2/c27-18(8-12-25-14-20-13-22-25)24-10-6-16(7-11-24)26-17(5-9-21-26)23-19(28)15-3-1-2-4-15/h5,9,13-16H,1-4,6-8,10-12H2,(H,23,28). The van der Waals surface area contributed by atoms with Crippen molar-refractivity contribution in [3.8, 4) is 0 Å². The van der Waals surface area contributed by atoms with E-state index in [9.17, 15) is 9.59 Å². The molecule has 1 saturated carbocycles. The first-order valence-electron chi connectivity index (χ1n) is 10.2. The molecular weight excluding hydrogens is 358 g/mol. The third-order valence-electron chi connectivity index (χ3n) is 5.83. The highest BCUT2D eigenvalue weighted by atomic mass is 16.2. The van der Waals surface area contributed by atoms with E-state index in [0.29, 0.717) is 26.1 Å². The van der Waals surface area contributed by atoms with Crippen molar-refractivity contribution in [2.75, 3.05) is 18.4 Å². The summed E-state index contributed by atoms with van der Waals surface area (Å²) in [7, 11) is 0. The summed E-state index contributed by atoms with van der Waals surface area (Å²) in [5, 5.41) is 11.5. The maximum Gasteiger partial charge on any atom is 0.228 e. The molecule has 2 aromatic rings. The van der Waals surface area contributed by atoms with Gasteiger partial charge in [0, 0.05) is 31.5 Å². The van der Waals surface area contributed by atoms with E-state index >= 15 is 0 Å². The summed E-state index contributed by atoms with van der Waals surface area (Å²) in [6.07, 6.45) is 11.2. The van der Waals surface area contributed by atoms with Gasteiger partial charge in [0.05, 0.1) is 18.8 Å². The van der Waals surface area contributed by atoms with E-state index < -0.39 is 0 Å². The number of rotatable bonds is 6. The van der Waals surface area contributed by atoms with E-state index in [1.54, 1.807) is 17.2 Å². The van der Waals surface area contributed by atoms with Gasteiger partial charge in [0.25, 0.3) is 0 Å². The van der Waals surface area contributed by atoms with Crippen LogP contribution in [0.2, 0.25) is 0 Å². The molecule has 0 unspecified atom stereocenters. The van der Waals surface area contributed by atoms with Gasteiger partial charge in [0.2, 0.25) is 11.8 Å². The summed E-state index contributed by atoms with van der Waals surface area (Å²) in [5.74, 6) is 1.16. The number of hydrogen-bond donors (Lipinski definition) is 1. The Bertz CT molecular complexity index is 787. The quantitative estimate of drug-likeness (QED) is 0.818. The molecule has 0 spiro atoms. The zero-order valence-electron chi connectivity index (χ0n) is 16.0. The van der Waals surface area contributed by atoms with Crippen LogP contribution in [0, 0.1) is 5.92 Å². The van der Waals surface area contributed by atoms with Crippen LogP contribution < -0.4 is 5.32 Å². The average Bonchev–Trinajstić information content (AvgIpc) is 3.49. The molecule has 4 rings (SSSR count). The molecule has 2 amide bonds. The number of hydrogen-bond acceptors (Lipinski definition) is 5. The van der Waals surface area contributed by atoms with Crippen LogP contribution in [0.5, 0.6) is 0 Å². The van der Waals surface area contributed by atoms with Gasteiger partial charge < -0.3 is 10.2 Å². The maximum absolute atomic E-state index is 12.4. The summed E-state index contributed by atoms with van der Waals surface area (Å²) in [5.41, 5.74) is 0. The maximum atomic E-state index is 12.4. The topological polar surface area (TPSA) is 97.9 Å². The van der Waals surface area contributed by atoms with E-state index in [-0.39, 0.29) is 23.8 Å². The number of amides is 2. The molecule has 0 aromatic carbocycles. The van der Waals surface area contributed by atoms with Crippen LogP contribution in [-0.4, -0.2) is 54.3 Å². The van der Waals surface area contributed by atoms with Crippen LogP contribution in [0.25, 0.3) is 0 Å². The van der Waals surface area contributed by atoms with Crippen LogP contribution in [0.15, 0.2) is 24.9 Å². The normalized spacial score (nSPS) is 18.5. The number of nitrogens with zero attached hydrogens (tertiary/aromatic N) is 6. The molecule has 1 aliphatic heterocycles. The van der Waals surface area contributed by atoms with E-state index in [2.05, 4.69) is 20.5 Å². The second kappa shape index (κ2) is 8.53. The highest BCUT2D eigenvalue weighted by Crippen LogP contribution is 2.28. The Labute approximate surface area is 164 Å². The minimum absolute atomic E-state index is 0.111. The summed E-state index contributed by atoms with van der Waals surface area (Å²) >= 11 is 0. The molecule has 2 aliphatic rings. The minimum Gasteiger partial charge on any atom is -0.342 e. The molecule has 9 nitrogen and oxygen atoms in total. The number of anilines is 1. The van der Waals surface area contributed by atoms with Crippen molar-refractivity contribution >= 4 is 17.6 Å². The molecule has 150 valence electrons. The smallest absolute Gasteiger partial charge is 0.228 e. The van der Waals surface area contributed by atoms with E-state index in [4.69, 9.17) is 0 Å². The fourth-order valence-corrected chi connectivity index (χ4v) is 4.20. The third kappa shape index (κ3) is 4.23. The lowest BCUT2D eigenvalue weighted by atomic mass is 10.0. The van der Waals surface area contributed by atoms with Gasteiger partial charge in [0.15, 0.2) is 0 Å². The Balaban J connectivity index is 1.28. The lowest BCUT2D eigenvalue weighted by Crippen LogP contribution is -2.39. The fraction of sp³-hybridized carbons (Fsp3) is 0.632. The molecule has 2 aromatic heterocycles. The van der Waals surface area contributed by atoms with Crippen LogP contribution in [0.3, 0.4) is 0 Å². The zero-order chi connectivity index (χ0) is 19.3. The van der Waals surface area contributed by atoms with E-state index in [1.807, 2.05) is 15.6 Å². The molecule has 28 heavy (non-hydrogen) atoms. The highest BCUT2D eigenvalue weighted by molar-refractivity contribution is 5.91. The van der Waals surface area contributed by atoms with Gasteiger partial charge in [-0.1, -0.05) is 12.8 Å². The van der Waals surface area contributed by atoms with Crippen LogP contribution >= 0.6 is 0 Å². The molecule has 9 heteroatoms. The number of piperidine rings is 1. The average molecular weight is 385 g/mol. The van der Waals surface area contributed by atoms with Gasteiger partial charge in [-0.15, -0.1) is 0 Å². The molecule has 0 atom stereocenters. The van der Waals surface area contributed by atoms with Gasteiger partial charge in [-0.3, -0.25) is 14.3 Å². The fourth-order valence-electron chi connectivity index (χ4n) is 4.20. The van der Waals surface area contributed by atoms with Crippen molar-refractivity contribution in [3.63, 3.8) is 0 Å². The van der Waals surface area contributed by atoms with Crippen LogP contribution in [-0.2, 0) is 16.1 Å². The SMILES string of the molecule is O=C(Nc1ccnn1C1CCN(C(=O)CCn2cncn2)CC1)C1CCCC1. The summed E-state index contributed by atoms with van der Waals surface area (Å²) < 4.78 is 3.60. The number of carbonyl (C=O) groups is 2. The first-order valence-corrected chi connectivity index (χ1v) is 10.2. The highest BCUT2D eigenvalue weighted by Gasteiger charge is 2.27. The number of aryl methyl sites for hydroxylation is 1. The van der Waals surface area contributed by atoms with Crippen LogP contribution in [0.1, 0.15) is 51.0 Å². The molecule has 1 aliphatic carbocycles. The van der Waals surface area contributed by atoms with Crippen molar-refractivity contribution in [2.45, 2.75) is 57.5 Å². The lowest BCUT2D eigenvalue weighted by Gasteiger charge is -2.33. The van der Waals surface area contributed by atoms with E-state index in [0.717, 1.165) is 44.3 Å². The van der Waals surface area contributed by atoms with Crippen molar-refractivity contribution in [3.05, 3.63) is 24.9 Å². The monoisotopic (exact) mass is 385 g/mol. The van der Waals surface area contributed by atoms with Gasteiger partial charge in [-0.2, -0.15) is 10.2 Å². The number of aromatic nitrogens is 5. The van der Waals surface area contributed by atoms with Gasteiger partial charge in [-0.05, 0) is 25.7 Å². The van der Waals surface area contributed by atoms with Gasteiger partial charge in [0.1, 0.15) is 18.5 Å². The largest absolute Gasteiger partial charge is 0.342 e. The second-order valence-electron chi connectivity index (χ2n) is 7.65. The predicted octanol–water partition coefficient (Wildman–Crippen LogP) is 1.86. The number of likely N-dealkylation sites (tertiary alicyclic amines) is 1. The summed E-state index contributed by atoms with van der Waals surface area (Å²) in [6.45, 7) is 1.96. The van der Waals surface area contributed by atoms with Crippen molar-refractivity contribution < 1.29 is 9.59 Å². The van der Waals surface area contributed by atoms with Crippen molar-refractivity contribution in [1.29, 1.82) is 0 Å². The number of carbonyl (C=O) groups excluding carboxylic acids is 2. The molecule has 0 radical (unpaired) electrons. The molecule has 1 saturated heterocycles. The zero-order valence-corrected chi connectivity index (χ0v) is 16.0. The van der Waals surface area contributed by atoms with Gasteiger partial charge in [-0.25, -0.2) is 9.67 Å². The van der Waals surface area contributed by atoms with Crippen LogP contribution in [0.4, 0.5) is 5.82 Å². The molecule has 3 heterocycles. The lowest BCUT2D eigenvalue weighted by molar-refractivity contribution is -0.132. The molecule has 2 fully saturated rings. The Hall–Kier alpha value is -2.71. The third-order valence-corrected chi connectivity index (χ3v) is 5.83. The molecular formula is C19H27N7O2. The van der Waals surface area contributed by atoms with Crippen molar-refractivity contribution in [2.24, 2.45) is 5.92 Å². The van der Waals surface area contributed by atoms with E-state index in [1.165, 1.54) is 6.33 Å². The Morgan fingerprint density at radius 1 is 1.11 bits per heavy atom. The molecule has 0 bridgehead atoms. The minimum atomic E-state index is 0.111. The second-order valence-corrected chi connectivity index (χ2v) is 7.65. The number of nitrogens with one attached hydrogen (secondary N) is 1. The van der Waals surface area contributed by atoms with Crippen molar-refractivity contribution in [1.82, 2.24) is 29.4 Å². The van der Waals surface area contributed by atoms with Gasteiger partial charge >= 0.3 is 0 Å². The first-order chi connectivity index (χ1) is 13.7.